The molecule has 0 amide bonds. The monoisotopic (exact) mass is 1220 g/mol. The first-order chi connectivity index (χ1) is 37.6. The molecule has 9 nitrogen and oxygen atoms in total. The van der Waals surface area contributed by atoms with Crippen LogP contribution in [-0.4, -0.2) is 46.0 Å². The summed E-state index contributed by atoms with van der Waals surface area (Å²) in [5.41, 5.74) is 20.3. The van der Waals surface area contributed by atoms with Crippen molar-refractivity contribution in [2.75, 3.05) is 0 Å². The molecule has 10 heteroatoms. The van der Waals surface area contributed by atoms with Crippen molar-refractivity contribution < 1.29 is 34.5 Å². The fourth-order valence-corrected chi connectivity index (χ4v) is 11.3. The summed E-state index contributed by atoms with van der Waals surface area (Å²) in [6, 6.07) is 47.7. The molecule has 0 saturated carbocycles. The second-order valence-electron chi connectivity index (χ2n) is 20.8. The smallest absolute Gasteiger partial charge is 0.340 e. The average molecular weight is 1220 g/mol. The molecular formula is C69H63IrN6O3. The number of Topliss-reactive ketones (excluding diaryl/α,β-unsaturated/α-hetero) is 3. The Bertz CT molecular complexity index is 3470. The molecule has 0 spiro atoms. The first kappa shape index (κ1) is 55.6. The minimum atomic E-state index is -0.0170. The van der Waals surface area contributed by atoms with E-state index in [1.54, 1.807) is 39.4 Å². The Hall–Kier alpha value is -8.17. The standard InChI is InChI=1S/C69H63N6O3.Ir/c1-43-13-10-14-44(2)64(43)73-34-31-70-67(73)58-28-25-55(61(40-58)49(7)76)22-19-52-37-53(20-23-56-26-29-59(41-62(56)50(8)77)68-71-32-35-74(68)65-45(3)15-11-16-46(65)4)39-54(38-52)21-24-57-27-30-60(42-63(57)51(9)78)69-72-33-36-75(69)66-47(5)17-12-18-48(66)6;/h10-18,25-27,31-42H,19-24H2,1-9H3;/q-3;+3. The molecule has 0 N–H and O–H groups in total. The molecule has 7 aromatic carbocycles. The Morgan fingerprint density at radius 1 is 0.392 bits per heavy atom. The summed E-state index contributed by atoms with van der Waals surface area (Å²) < 4.78 is 6.24. The Morgan fingerprint density at radius 2 is 0.646 bits per heavy atom. The predicted octanol–water partition coefficient (Wildman–Crippen LogP) is 14.5. The molecule has 0 bridgehead atoms. The number of aryl methyl sites for hydroxylation is 12. The van der Waals surface area contributed by atoms with Crippen molar-refractivity contribution in [2.24, 2.45) is 0 Å². The van der Waals surface area contributed by atoms with E-state index in [1.807, 2.05) is 55.0 Å². The van der Waals surface area contributed by atoms with Crippen LogP contribution in [0.25, 0.3) is 51.2 Å². The van der Waals surface area contributed by atoms with Crippen LogP contribution in [0.4, 0.5) is 0 Å². The molecule has 10 rings (SSSR count). The van der Waals surface area contributed by atoms with Crippen LogP contribution in [0, 0.1) is 59.7 Å². The van der Waals surface area contributed by atoms with Gasteiger partial charge in [-0.05, 0) is 132 Å². The average Bonchev–Trinajstić information content (AvgIpc) is 4.38. The van der Waals surface area contributed by atoms with E-state index in [-0.39, 0.29) is 37.5 Å². The number of aromatic nitrogens is 6. The van der Waals surface area contributed by atoms with Gasteiger partial charge in [-0.2, -0.15) is 0 Å². The Kier molecular flexibility index (Phi) is 16.8. The molecule has 3 aromatic heterocycles. The number of nitrogens with zero attached hydrogens (tertiary/aromatic N) is 6. The molecule has 79 heavy (non-hydrogen) atoms. The van der Waals surface area contributed by atoms with Gasteiger partial charge in [0.15, 0.2) is 0 Å². The SMILES string of the molecule is CC(=O)c1cc(-c2nccn2-c2c(C)cccc2C)[c-]cc1CCc1cc(CCc2c[c-]c(-c3nccn3-c3c(C)cccc3C)cc2C(C)=O)cc(CCc2c[c-]c(-c3nccn3-c3c(C)cccc3C)cc2C(C)=O)c1.[Ir+3]. The van der Waals surface area contributed by atoms with Crippen LogP contribution in [0.2, 0.25) is 0 Å². The van der Waals surface area contributed by atoms with Crippen LogP contribution in [0.1, 0.15) is 119 Å². The maximum Gasteiger partial charge on any atom is 3.00 e. The van der Waals surface area contributed by atoms with Crippen molar-refractivity contribution in [3.8, 4) is 51.2 Å². The number of carbonyl (C=O) groups excluding carboxylic acids is 3. The van der Waals surface area contributed by atoms with Crippen molar-refractivity contribution in [3.63, 3.8) is 0 Å². The quantitative estimate of drug-likeness (QED) is 0.0626. The van der Waals surface area contributed by atoms with Crippen molar-refractivity contribution in [1.29, 1.82) is 0 Å². The summed E-state index contributed by atoms with van der Waals surface area (Å²) in [5, 5.41) is 0. The molecule has 0 atom stereocenters. The van der Waals surface area contributed by atoms with Crippen LogP contribution in [0.3, 0.4) is 0 Å². The van der Waals surface area contributed by atoms with Crippen molar-refractivity contribution in [3.05, 3.63) is 248 Å². The van der Waals surface area contributed by atoms with Gasteiger partial charge in [-0.1, -0.05) is 109 Å². The molecule has 0 radical (unpaired) electrons. The molecule has 0 fully saturated rings. The third-order valence-corrected chi connectivity index (χ3v) is 15.1. The molecule has 0 unspecified atom stereocenters. The third kappa shape index (κ3) is 11.7. The fourth-order valence-electron chi connectivity index (χ4n) is 11.3. The maximum absolute atomic E-state index is 13.5. The summed E-state index contributed by atoms with van der Waals surface area (Å²) in [4.78, 5) is 54.6. The van der Waals surface area contributed by atoms with Crippen molar-refractivity contribution in [2.45, 2.75) is 101 Å². The van der Waals surface area contributed by atoms with E-state index < -0.39 is 0 Å². The van der Waals surface area contributed by atoms with Gasteiger partial charge in [-0.15, -0.1) is 88.0 Å². The second kappa shape index (κ2) is 23.8. The maximum atomic E-state index is 13.5. The number of para-hydroxylation sites is 3. The van der Waals surface area contributed by atoms with E-state index in [2.05, 4.69) is 146 Å². The van der Waals surface area contributed by atoms with E-state index in [1.165, 1.54) is 0 Å². The molecule has 0 aliphatic carbocycles. The van der Waals surface area contributed by atoms with Gasteiger partial charge in [0.05, 0.1) is 17.5 Å². The van der Waals surface area contributed by atoms with E-state index in [4.69, 9.17) is 15.0 Å². The number of hydrogen-bond donors (Lipinski definition) is 0. The van der Waals surface area contributed by atoms with Crippen molar-refractivity contribution >= 4 is 17.3 Å². The topological polar surface area (TPSA) is 105 Å². The zero-order valence-corrected chi connectivity index (χ0v) is 48.7. The number of imidazole rings is 3. The van der Waals surface area contributed by atoms with Gasteiger partial charge in [0, 0.05) is 54.2 Å². The largest absolute Gasteiger partial charge is 3.00 e. The summed E-state index contributed by atoms with van der Waals surface area (Å²) >= 11 is 0. The van der Waals surface area contributed by atoms with E-state index >= 15 is 0 Å². The molecule has 0 saturated heterocycles. The van der Waals surface area contributed by atoms with Gasteiger partial charge in [-0.25, -0.2) is 0 Å². The summed E-state index contributed by atoms with van der Waals surface area (Å²) in [5.74, 6) is 2.13. The van der Waals surface area contributed by atoms with Crippen LogP contribution in [0.15, 0.2) is 146 Å². The van der Waals surface area contributed by atoms with E-state index in [0.29, 0.717) is 55.2 Å². The predicted molar refractivity (Wildman–Crippen MR) is 311 cm³/mol. The summed E-state index contributed by atoms with van der Waals surface area (Å²) in [6.45, 7) is 17.4. The first-order valence-corrected chi connectivity index (χ1v) is 26.7. The van der Waals surface area contributed by atoms with Gasteiger partial charge in [-0.3, -0.25) is 29.3 Å². The van der Waals surface area contributed by atoms with Gasteiger partial charge in [0.25, 0.3) is 0 Å². The Balaban J connectivity index is 0.00000757. The summed E-state index contributed by atoms with van der Waals surface area (Å²) in [7, 11) is 0. The molecule has 3 heterocycles. The van der Waals surface area contributed by atoms with Crippen molar-refractivity contribution in [1.82, 2.24) is 28.7 Å². The Morgan fingerprint density at radius 3 is 0.886 bits per heavy atom. The molecule has 10 aromatic rings. The van der Waals surface area contributed by atoms with Gasteiger partial charge in [0.1, 0.15) is 17.3 Å². The van der Waals surface area contributed by atoms with Gasteiger partial charge >= 0.3 is 20.1 Å². The number of rotatable bonds is 18. The first-order valence-electron chi connectivity index (χ1n) is 26.7. The normalized spacial score (nSPS) is 11.2. The van der Waals surface area contributed by atoms with E-state index in [0.717, 1.165) is 118 Å². The van der Waals surface area contributed by atoms with Crippen LogP contribution in [0.5, 0.6) is 0 Å². The third-order valence-electron chi connectivity index (χ3n) is 15.1. The second-order valence-corrected chi connectivity index (χ2v) is 20.8. The van der Waals surface area contributed by atoms with Crippen LogP contribution >= 0.6 is 0 Å². The zero-order chi connectivity index (χ0) is 54.8. The number of hydrogen-bond acceptors (Lipinski definition) is 6. The molecule has 396 valence electrons. The molecular weight excluding hydrogens is 1150 g/mol. The van der Waals surface area contributed by atoms with Crippen LogP contribution in [-0.2, 0) is 58.6 Å². The molecule has 0 aliphatic heterocycles. The molecule has 0 aliphatic rings. The Labute approximate surface area is 477 Å². The van der Waals surface area contributed by atoms with Gasteiger partial charge in [0.2, 0.25) is 0 Å². The number of ketones is 3. The minimum absolute atomic E-state index is 0. The zero-order valence-electron chi connectivity index (χ0n) is 46.3. The number of benzene rings is 7. The minimum Gasteiger partial charge on any atom is -0.340 e. The van der Waals surface area contributed by atoms with E-state index in [9.17, 15) is 14.4 Å². The van der Waals surface area contributed by atoms with Gasteiger partial charge < -0.3 is 13.7 Å². The summed E-state index contributed by atoms with van der Waals surface area (Å²) in [6.07, 6.45) is 15.1. The fraction of sp³-hybridized carbons (Fsp3) is 0.217. The number of carbonyl (C=O) groups is 3. The van der Waals surface area contributed by atoms with Crippen LogP contribution < -0.4 is 0 Å².